The Morgan fingerprint density at radius 1 is 1.25 bits per heavy atom. The molecular formula is C14H30N2. The van der Waals surface area contributed by atoms with Gasteiger partial charge in [0, 0.05) is 12.6 Å². The second kappa shape index (κ2) is 6.61. The summed E-state index contributed by atoms with van der Waals surface area (Å²) in [7, 11) is 0. The molecule has 2 heteroatoms. The third-order valence-corrected chi connectivity index (χ3v) is 3.36. The van der Waals surface area contributed by atoms with Gasteiger partial charge in [0.1, 0.15) is 0 Å². The van der Waals surface area contributed by atoms with Crippen LogP contribution in [0.5, 0.6) is 0 Å². The van der Waals surface area contributed by atoms with Crippen LogP contribution in [0.4, 0.5) is 0 Å². The van der Waals surface area contributed by atoms with Gasteiger partial charge in [-0.25, -0.2) is 0 Å². The summed E-state index contributed by atoms with van der Waals surface area (Å²) in [6.07, 6.45) is 5.32. The molecule has 1 rings (SSSR count). The maximum atomic E-state index is 3.60. The van der Waals surface area contributed by atoms with Gasteiger partial charge in [-0.1, -0.05) is 27.7 Å². The van der Waals surface area contributed by atoms with Crippen molar-refractivity contribution < 1.29 is 0 Å². The Bertz CT molecular complexity index is 178. The first-order chi connectivity index (χ1) is 7.51. The average molecular weight is 226 g/mol. The quantitative estimate of drug-likeness (QED) is 0.749. The molecule has 0 radical (unpaired) electrons. The molecule has 0 aromatic rings. The zero-order chi connectivity index (χ0) is 12.0. The van der Waals surface area contributed by atoms with Crippen molar-refractivity contribution in [2.45, 2.75) is 59.4 Å². The van der Waals surface area contributed by atoms with E-state index < -0.39 is 0 Å². The van der Waals surface area contributed by atoms with Gasteiger partial charge in [0.2, 0.25) is 0 Å². The maximum Gasteiger partial charge on any atom is 0.0195 e. The molecule has 1 saturated heterocycles. The van der Waals surface area contributed by atoms with Crippen molar-refractivity contribution in [2.24, 2.45) is 5.41 Å². The molecule has 0 amide bonds. The van der Waals surface area contributed by atoms with Crippen LogP contribution in [-0.2, 0) is 0 Å². The van der Waals surface area contributed by atoms with Crippen LogP contribution in [0.3, 0.4) is 0 Å². The van der Waals surface area contributed by atoms with E-state index in [2.05, 4.69) is 37.9 Å². The largest absolute Gasteiger partial charge is 0.313 e. The van der Waals surface area contributed by atoms with Crippen molar-refractivity contribution in [2.75, 3.05) is 26.2 Å². The number of hydrogen-bond donors (Lipinski definition) is 1. The molecule has 0 bridgehead atoms. The van der Waals surface area contributed by atoms with E-state index in [0.717, 1.165) is 6.04 Å². The van der Waals surface area contributed by atoms with E-state index in [1.165, 1.54) is 51.9 Å². The minimum atomic E-state index is 0.467. The highest BCUT2D eigenvalue weighted by atomic mass is 15.1. The zero-order valence-electron chi connectivity index (χ0n) is 11.7. The van der Waals surface area contributed by atoms with Gasteiger partial charge >= 0.3 is 0 Å². The van der Waals surface area contributed by atoms with Gasteiger partial charge in [-0.15, -0.1) is 0 Å². The normalized spacial score (nSPS) is 21.9. The second-order valence-corrected chi connectivity index (χ2v) is 6.40. The fraction of sp³-hybridized carbons (Fsp3) is 1.00. The van der Waals surface area contributed by atoms with Crippen LogP contribution < -0.4 is 5.32 Å². The Balaban J connectivity index is 2.28. The summed E-state index contributed by atoms with van der Waals surface area (Å²) in [5.41, 5.74) is 0.467. The highest BCUT2D eigenvalue weighted by Crippen LogP contribution is 2.19. The molecule has 1 aliphatic rings. The summed E-state index contributed by atoms with van der Waals surface area (Å²) >= 11 is 0. The third-order valence-electron chi connectivity index (χ3n) is 3.36. The van der Waals surface area contributed by atoms with E-state index in [4.69, 9.17) is 0 Å². The molecule has 1 heterocycles. The first kappa shape index (κ1) is 14.0. The fourth-order valence-corrected chi connectivity index (χ4v) is 2.33. The van der Waals surface area contributed by atoms with Gasteiger partial charge in [-0.05, 0) is 50.7 Å². The number of nitrogens with one attached hydrogen (secondary N) is 1. The Labute approximate surface area is 102 Å². The molecule has 1 atom stereocenters. The monoisotopic (exact) mass is 226 g/mol. The highest BCUT2D eigenvalue weighted by Gasteiger charge is 2.19. The molecular weight excluding hydrogens is 196 g/mol. The molecule has 2 nitrogen and oxygen atoms in total. The topological polar surface area (TPSA) is 15.3 Å². The lowest BCUT2D eigenvalue weighted by molar-refractivity contribution is 0.212. The van der Waals surface area contributed by atoms with Gasteiger partial charge in [-0.3, -0.25) is 0 Å². The summed E-state index contributed by atoms with van der Waals surface area (Å²) in [6.45, 7) is 14.3. The van der Waals surface area contributed by atoms with Crippen molar-refractivity contribution in [3.8, 4) is 0 Å². The molecule has 1 aliphatic heterocycles. The molecule has 0 aliphatic carbocycles. The number of nitrogens with zero attached hydrogens (tertiary/aromatic N) is 1. The number of rotatable bonds is 6. The van der Waals surface area contributed by atoms with Gasteiger partial charge in [0.05, 0.1) is 0 Å². The average Bonchev–Trinajstić information content (AvgIpc) is 2.66. The van der Waals surface area contributed by atoms with E-state index in [0.29, 0.717) is 5.41 Å². The molecule has 1 unspecified atom stereocenters. The van der Waals surface area contributed by atoms with E-state index in [1.54, 1.807) is 0 Å². The predicted molar refractivity (Wildman–Crippen MR) is 71.8 cm³/mol. The van der Waals surface area contributed by atoms with E-state index in [9.17, 15) is 0 Å². The maximum absolute atomic E-state index is 3.60. The van der Waals surface area contributed by atoms with Crippen LogP contribution in [0.15, 0.2) is 0 Å². The molecule has 96 valence electrons. The van der Waals surface area contributed by atoms with Crippen LogP contribution >= 0.6 is 0 Å². The van der Waals surface area contributed by atoms with Gasteiger partial charge in [0.15, 0.2) is 0 Å². The Hall–Kier alpha value is -0.0800. The van der Waals surface area contributed by atoms with Crippen LogP contribution in [-0.4, -0.2) is 37.1 Å². The van der Waals surface area contributed by atoms with E-state index in [-0.39, 0.29) is 0 Å². The van der Waals surface area contributed by atoms with E-state index in [1.807, 2.05) is 0 Å². The second-order valence-electron chi connectivity index (χ2n) is 6.40. The zero-order valence-corrected chi connectivity index (χ0v) is 11.7. The fourth-order valence-electron chi connectivity index (χ4n) is 2.33. The minimum Gasteiger partial charge on any atom is -0.313 e. The predicted octanol–water partition coefficient (Wildman–Crippen LogP) is 2.89. The van der Waals surface area contributed by atoms with Crippen molar-refractivity contribution in [3.63, 3.8) is 0 Å². The first-order valence-corrected chi connectivity index (χ1v) is 6.97. The van der Waals surface area contributed by atoms with Crippen LogP contribution in [0.2, 0.25) is 0 Å². The van der Waals surface area contributed by atoms with Crippen molar-refractivity contribution in [1.29, 1.82) is 0 Å². The van der Waals surface area contributed by atoms with Crippen LogP contribution in [0, 0.1) is 5.41 Å². The summed E-state index contributed by atoms with van der Waals surface area (Å²) in [5.74, 6) is 0. The summed E-state index contributed by atoms with van der Waals surface area (Å²) in [5, 5.41) is 3.60. The van der Waals surface area contributed by atoms with Crippen LogP contribution in [0.1, 0.15) is 53.4 Å². The van der Waals surface area contributed by atoms with Crippen molar-refractivity contribution in [1.82, 2.24) is 10.2 Å². The van der Waals surface area contributed by atoms with Gasteiger partial charge in [-0.2, -0.15) is 0 Å². The highest BCUT2D eigenvalue weighted by molar-refractivity contribution is 4.78. The lowest BCUT2D eigenvalue weighted by atomic mass is 9.92. The van der Waals surface area contributed by atoms with Crippen molar-refractivity contribution in [3.05, 3.63) is 0 Å². The molecule has 0 saturated carbocycles. The summed E-state index contributed by atoms with van der Waals surface area (Å²) < 4.78 is 0. The van der Waals surface area contributed by atoms with Crippen LogP contribution in [0.25, 0.3) is 0 Å². The molecule has 0 aromatic heterocycles. The molecule has 0 aromatic carbocycles. The lowest BCUT2D eigenvalue weighted by Crippen LogP contribution is -2.39. The van der Waals surface area contributed by atoms with Gasteiger partial charge in [0.25, 0.3) is 0 Å². The summed E-state index contributed by atoms with van der Waals surface area (Å²) in [4.78, 5) is 2.65. The smallest absolute Gasteiger partial charge is 0.0195 e. The molecule has 0 spiro atoms. The Kier molecular flexibility index (Phi) is 5.77. The molecule has 16 heavy (non-hydrogen) atoms. The number of hydrogen-bond acceptors (Lipinski definition) is 2. The standard InChI is InChI=1S/C14H30N2/c1-5-10-16(11-8-14(2,3)4)12-13-7-6-9-15-13/h13,15H,5-12H2,1-4H3. The molecule has 1 N–H and O–H groups in total. The Morgan fingerprint density at radius 2 is 2.00 bits per heavy atom. The van der Waals surface area contributed by atoms with Gasteiger partial charge < -0.3 is 10.2 Å². The SMILES string of the molecule is CCCN(CCC(C)(C)C)CC1CCCN1. The van der Waals surface area contributed by atoms with Crippen molar-refractivity contribution >= 4 is 0 Å². The van der Waals surface area contributed by atoms with E-state index >= 15 is 0 Å². The lowest BCUT2D eigenvalue weighted by Gasteiger charge is -2.28. The Morgan fingerprint density at radius 3 is 2.50 bits per heavy atom. The third kappa shape index (κ3) is 5.86. The molecule has 1 fully saturated rings. The first-order valence-electron chi connectivity index (χ1n) is 6.97. The summed E-state index contributed by atoms with van der Waals surface area (Å²) in [6, 6.07) is 0.756. The minimum absolute atomic E-state index is 0.467.